The van der Waals surface area contributed by atoms with Crippen LogP contribution in [0, 0.1) is 0 Å². The van der Waals surface area contributed by atoms with Gasteiger partial charge in [-0.05, 0) is 24.0 Å². The highest BCUT2D eigenvalue weighted by Gasteiger charge is 2.21. The predicted octanol–water partition coefficient (Wildman–Crippen LogP) is 2.61. The third kappa shape index (κ3) is 2.84. The van der Waals surface area contributed by atoms with Gasteiger partial charge in [0.05, 0.1) is 6.10 Å². The molecule has 0 bridgehead atoms. The number of likely N-dealkylation sites (tertiary alicyclic amines) is 1. The van der Waals surface area contributed by atoms with Gasteiger partial charge in [0.2, 0.25) is 0 Å². The minimum Gasteiger partial charge on any atom is -0.392 e. The van der Waals surface area contributed by atoms with Crippen molar-refractivity contribution >= 4 is 11.3 Å². The molecule has 0 spiro atoms. The summed E-state index contributed by atoms with van der Waals surface area (Å²) in [4.78, 5) is 5.20. The first-order valence-electron chi connectivity index (χ1n) is 5.95. The zero-order valence-electron chi connectivity index (χ0n) is 10.4. The Hall–Kier alpha value is -0.380. The van der Waals surface area contributed by atoms with E-state index in [2.05, 4.69) is 37.8 Å². The van der Waals surface area contributed by atoms with Crippen LogP contribution in [0.15, 0.2) is 12.1 Å². The summed E-state index contributed by atoms with van der Waals surface area (Å²) in [5, 5.41) is 9.47. The zero-order valence-corrected chi connectivity index (χ0v) is 11.2. The molecular weight excluding hydrogens is 218 g/mol. The van der Waals surface area contributed by atoms with E-state index in [0.717, 1.165) is 26.1 Å². The van der Waals surface area contributed by atoms with Gasteiger partial charge in [0, 0.05) is 29.4 Å². The molecule has 0 amide bonds. The van der Waals surface area contributed by atoms with Crippen LogP contribution in [-0.2, 0) is 12.0 Å². The molecule has 1 fully saturated rings. The van der Waals surface area contributed by atoms with Crippen molar-refractivity contribution < 1.29 is 5.11 Å². The Labute approximate surface area is 102 Å². The molecule has 1 saturated heterocycles. The number of β-amino-alcohol motifs (C(OH)–C–C–N with tert-alkyl or cyclic N) is 1. The highest BCUT2D eigenvalue weighted by Crippen LogP contribution is 2.30. The molecule has 0 radical (unpaired) electrons. The average molecular weight is 239 g/mol. The topological polar surface area (TPSA) is 23.5 Å². The van der Waals surface area contributed by atoms with Gasteiger partial charge in [0.1, 0.15) is 0 Å². The average Bonchev–Trinajstić information content (AvgIpc) is 2.74. The lowest BCUT2D eigenvalue weighted by Gasteiger charge is -2.16. The fraction of sp³-hybridized carbons (Fsp3) is 0.692. The minimum atomic E-state index is -0.109. The maximum absolute atomic E-state index is 9.47. The van der Waals surface area contributed by atoms with Crippen molar-refractivity contribution in [2.75, 3.05) is 13.1 Å². The second-order valence-electron chi connectivity index (χ2n) is 5.69. The van der Waals surface area contributed by atoms with Gasteiger partial charge in [-0.3, -0.25) is 4.90 Å². The van der Waals surface area contributed by atoms with E-state index in [4.69, 9.17) is 0 Å². The summed E-state index contributed by atoms with van der Waals surface area (Å²) >= 11 is 1.90. The van der Waals surface area contributed by atoms with Crippen molar-refractivity contribution in [2.24, 2.45) is 0 Å². The van der Waals surface area contributed by atoms with Crippen molar-refractivity contribution in [3.05, 3.63) is 21.9 Å². The monoisotopic (exact) mass is 239 g/mol. The van der Waals surface area contributed by atoms with E-state index in [-0.39, 0.29) is 11.5 Å². The van der Waals surface area contributed by atoms with E-state index in [1.807, 2.05) is 11.3 Å². The van der Waals surface area contributed by atoms with E-state index in [1.165, 1.54) is 9.75 Å². The Morgan fingerprint density at radius 2 is 2.19 bits per heavy atom. The highest BCUT2D eigenvalue weighted by atomic mass is 32.1. The van der Waals surface area contributed by atoms with Crippen LogP contribution >= 0.6 is 11.3 Å². The van der Waals surface area contributed by atoms with Crippen LogP contribution in [0.1, 0.15) is 36.9 Å². The number of aliphatic hydroxyl groups is 1. The van der Waals surface area contributed by atoms with E-state index in [9.17, 15) is 5.11 Å². The fourth-order valence-electron chi connectivity index (χ4n) is 2.04. The van der Waals surface area contributed by atoms with Crippen LogP contribution in [0.2, 0.25) is 0 Å². The Balaban J connectivity index is 1.98. The largest absolute Gasteiger partial charge is 0.392 e. The summed E-state index contributed by atoms with van der Waals surface area (Å²) in [6, 6.07) is 4.47. The van der Waals surface area contributed by atoms with Gasteiger partial charge in [-0.1, -0.05) is 20.8 Å². The molecule has 2 heterocycles. The number of aliphatic hydroxyl groups excluding tert-OH is 1. The van der Waals surface area contributed by atoms with E-state index < -0.39 is 0 Å². The summed E-state index contributed by atoms with van der Waals surface area (Å²) in [5.74, 6) is 0. The Morgan fingerprint density at radius 1 is 1.44 bits per heavy atom. The van der Waals surface area contributed by atoms with Gasteiger partial charge >= 0.3 is 0 Å². The molecule has 3 heteroatoms. The molecule has 1 N–H and O–H groups in total. The molecule has 1 aliphatic rings. The second-order valence-corrected chi connectivity index (χ2v) is 6.86. The molecule has 1 aliphatic heterocycles. The molecule has 1 aromatic heterocycles. The van der Waals surface area contributed by atoms with Crippen LogP contribution in [0.5, 0.6) is 0 Å². The van der Waals surface area contributed by atoms with Crippen LogP contribution < -0.4 is 0 Å². The summed E-state index contributed by atoms with van der Waals surface area (Å²) in [6.45, 7) is 9.62. The molecule has 0 aromatic carbocycles. The van der Waals surface area contributed by atoms with Crippen molar-refractivity contribution in [3.8, 4) is 0 Å². The van der Waals surface area contributed by atoms with Crippen molar-refractivity contribution in [1.82, 2.24) is 4.90 Å². The van der Waals surface area contributed by atoms with Crippen molar-refractivity contribution in [3.63, 3.8) is 0 Å². The van der Waals surface area contributed by atoms with Gasteiger partial charge in [-0.25, -0.2) is 0 Å². The first-order chi connectivity index (χ1) is 7.45. The molecule has 1 aromatic rings. The van der Waals surface area contributed by atoms with Crippen LogP contribution in [0.3, 0.4) is 0 Å². The first kappa shape index (κ1) is 12.1. The molecule has 0 unspecified atom stereocenters. The van der Waals surface area contributed by atoms with Crippen molar-refractivity contribution in [1.29, 1.82) is 0 Å². The molecule has 1 atom stereocenters. The maximum atomic E-state index is 9.47. The quantitative estimate of drug-likeness (QED) is 0.857. The molecule has 0 saturated carbocycles. The van der Waals surface area contributed by atoms with Crippen LogP contribution in [0.25, 0.3) is 0 Å². The summed E-state index contributed by atoms with van der Waals surface area (Å²) in [6.07, 6.45) is 0.819. The lowest BCUT2D eigenvalue weighted by molar-refractivity contribution is 0.175. The Bertz CT molecular complexity index is 353. The lowest BCUT2D eigenvalue weighted by atomic mass is 9.95. The molecule has 0 aliphatic carbocycles. The Morgan fingerprint density at radius 3 is 2.69 bits per heavy atom. The predicted molar refractivity (Wildman–Crippen MR) is 68.9 cm³/mol. The molecular formula is C13H21NOS. The molecule has 2 nitrogen and oxygen atoms in total. The number of hydrogen-bond donors (Lipinski definition) is 1. The van der Waals surface area contributed by atoms with Gasteiger partial charge in [0.25, 0.3) is 0 Å². The standard InChI is InChI=1S/C13H21NOS/c1-13(2,3)12-5-4-11(16-12)9-14-7-6-10(15)8-14/h4-5,10,15H,6-9H2,1-3H3/t10-/m0/s1. The molecule has 16 heavy (non-hydrogen) atoms. The lowest BCUT2D eigenvalue weighted by Crippen LogP contribution is -2.20. The Kier molecular flexibility index (Phi) is 3.38. The van der Waals surface area contributed by atoms with Crippen LogP contribution in [-0.4, -0.2) is 29.2 Å². The maximum Gasteiger partial charge on any atom is 0.0679 e. The fourth-order valence-corrected chi connectivity index (χ4v) is 3.15. The van der Waals surface area contributed by atoms with E-state index in [0.29, 0.717) is 0 Å². The number of nitrogens with zero attached hydrogens (tertiary/aromatic N) is 1. The first-order valence-corrected chi connectivity index (χ1v) is 6.76. The zero-order chi connectivity index (χ0) is 11.8. The second kappa shape index (κ2) is 4.47. The minimum absolute atomic E-state index is 0.109. The van der Waals surface area contributed by atoms with Gasteiger partial charge in [-0.15, -0.1) is 11.3 Å². The van der Waals surface area contributed by atoms with Gasteiger partial charge in [0.15, 0.2) is 0 Å². The SMILES string of the molecule is CC(C)(C)c1ccc(CN2CC[C@H](O)C2)s1. The van der Waals surface area contributed by atoms with E-state index >= 15 is 0 Å². The summed E-state index contributed by atoms with van der Waals surface area (Å²) in [5.41, 5.74) is 0.257. The third-order valence-electron chi connectivity index (χ3n) is 3.03. The summed E-state index contributed by atoms with van der Waals surface area (Å²) < 4.78 is 0. The highest BCUT2D eigenvalue weighted by molar-refractivity contribution is 7.12. The molecule has 2 rings (SSSR count). The normalized spacial score (nSPS) is 22.9. The van der Waals surface area contributed by atoms with Crippen molar-refractivity contribution in [2.45, 2.75) is 45.3 Å². The number of thiophene rings is 1. The van der Waals surface area contributed by atoms with E-state index in [1.54, 1.807) is 0 Å². The number of hydrogen-bond acceptors (Lipinski definition) is 3. The third-order valence-corrected chi connectivity index (χ3v) is 4.52. The van der Waals surface area contributed by atoms with Crippen LogP contribution in [0.4, 0.5) is 0 Å². The smallest absolute Gasteiger partial charge is 0.0679 e. The number of rotatable bonds is 2. The molecule has 90 valence electrons. The summed E-state index contributed by atoms with van der Waals surface area (Å²) in [7, 11) is 0. The van der Waals surface area contributed by atoms with Gasteiger partial charge < -0.3 is 5.11 Å². The van der Waals surface area contributed by atoms with Gasteiger partial charge in [-0.2, -0.15) is 0 Å².